The van der Waals surface area contributed by atoms with Gasteiger partial charge in [-0.05, 0) is 17.0 Å². The second kappa shape index (κ2) is 2.69. The Bertz CT molecular complexity index is 318. The van der Waals surface area contributed by atoms with E-state index in [4.69, 9.17) is 17.3 Å². The molecule has 0 amide bonds. The third-order valence-electron chi connectivity index (χ3n) is 3.02. The highest BCUT2D eigenvalue weighted by atomic mass is 35.5. The molecule has 2 rings (SSSR count). The number of pyridine rings is 1. The Morgan fingerprint density at radius 2 is 2.08 bits per heavy atom. The van der Waals surface area contributed by atoms with Crippen molar-refractivity contribution in [1.82, 2.24) is 4.98 Å². The molecule has 2 nitrogen and oxygen atoms in total. The van der Waals surface area contributed by atoms with Gasteiger partial charge in [0.1, 0.15) is 5.15 Å². The topological polar surface area (TPSA) is 38.9 Å². The van der Waals surface area contributed by atoms with E-state index in [2.05, 4.69) is 18.8 Å². The number of hydrogen-bond acceptors (Lipinski definition) is 2. The van der Waals surface area contributed by atoms with Crippen LogP contribution in [0.2, 0.25) is 5.15 Å². The minimum atomic E-state index is 0.218. The lowest BCUT2D eigenvalue weighted by atomic mass is 10.1. The zero-order valence-corrected chi connectivity index (χ0v) is 8.55. The molecule has 0 bridgehead atoms. The predicted octanol–water partition coefficient (Wildman–Crippen LogP) is 2.19. The first-order valence-corrected chi connectivity index (χ1v) is 4.78. The summed E-state index contributed by atoms with van der Waals surface area (Å²) in [7, 11) is 0. The molecular formula is C10H13ClN2. The van der Waals surface area contributed by atoms with E-state index in [-0.39, 0.29) is 11.5 Å². The fraction of sp³-hybridized carbons (Fsp3) is 0.500. The molecule has 0 radical (unpaired) electrons. The normalized spacial score (nSPS) is 30.2. The van der Waals surface area contributed by atoms with Crippen molar-refractivity contribution in [2.75, 3.05) is 0 Å². The standard InChI is InChI=1S/C10H13ClN2/c1-10(2)8(9(10)12)6-3-4-7(11)13-5-6/h3-5,8-9H,12H2,1-2H3/t8-,9-/m0/s1. The molecule has 1 aliphatic carbocycles. The smallest absolute Gasteiger partial charge is 0.129 e. The lowest BCUT2D eigenvalue weighted by Crippen LogP contribution is -2.06. The molecule has 2 N–H and O–H groups in total. The summed E-state index contributed by atoms with van der Waals surface area (Å²) in [6.45, 7) is 4.36. The van der Waals surface area contributed by atoms with Gasteiger partial charge >= 0.3 is 0 Å². The van der Waals surface area contributed by atoms with Gasteiger partial charge in [0.25, 0.3) is 0 Å². The predicted molar refractivity (Wildman–Crippen MR) is 53.7 cm³/mol. The molecule has 70 valence electrons. The first-order valence-electron chi connectivity index (χ1n) is 4.40. The van der Waals surface area contributed by atoms with Crippen LogP contribution in [0.5, 0.6) is 0 Å². The van der Waals surface area contributed by atoms with E-state index in [9.17, 15) is 0 Å². The number of nitrogens with zero attached hydrogens (tertiary/aromatic N) is 1. The molecule has 1 aliphatic rings. The van der Waals surface area contributed by atoms with Gasteiger partial charge in [0, 0.05) is 18.2 Å². The summed E-state index contributed by atoms with van der Waals surface area (Å²) < 4.78 is 0. The molecule has 1 aromatic heterocycles. The summed E-state index contributed by atoms with van der Waals surface area (Å²) in [6, 6.07) is 4.09. The van der Waals surface area contributed by atoms with Crippen molar-refractivity contribution in [2.24, 2.45) is 11.1 Å². The minimum absolute atomic E-state index is 0.218. The SMILES string of the molecule is CC1(C)[C@@H](N)[C@@H]1c1ccc(Cl)nc1. The zero-order valence-electron chi connectivity index (χ0n) is 7.79. The molecule has 1 saturated carbocycles. The number of aromatic nitrogens is 1. The summed E-state index contributed by atoms with van der Waals surface area (Å²) >= 11 is 5.70. The summed E-state index contributed by atoms with van der Waals surface area (Å²) in [5.74, 6) is 0.442. The first-order chi connectivity index (χ1) is 6.03. The quantitative estimate of drug-likeness (QED) is 0.700. The second-order valence-corrected chi connectivity index (χ2v) is 4.63. The van der Waals surface area contributed by atoms with Crippen LogP contribution in [0.3, 0.4) is 0 Å². The van der Waals surface area contributed by atoms with Gasteiger partial charge in [-0.1, -0.05) is 31.5 Å². The molecule has 1 aromatic rings. The Hall–Kier alpha value is -0.600. The number of nitrogens with two attached hydrogens (primary N) is 1. The maximum atomic E-state index is 5.95. The van der Waals surface area contributed by atoms with Gasteiger partial charge in [-0.3, -0.25) is 0 Å². The van der Waals surface area contributed by atoms with Gasteiger partial charge in [-0.25, -0.2) is 4.98 Å². The molecule has 0 unspecified atom stereocenters. The Morgan fingerprint density at radius 3 is 2.46 bits per heavy atom. The Balaban J connectivity index is 2.25. The Labute approximate surface area is 83.1 Å². The van der Waals surface area contributed by atoms with Crippen LogP contribution < -0.4 is 5.73 Å². The van der Waals surface area contributed by atoms with Gasteiger partial charge in [0.05, 0.1) is 0 Å². The van der Waals surface area contributed by atoms with Crippen LogP contribution in [-0.4, -0.2) is 11.0 Å². The first kappa shape index (κ1) is 8.97. The second-order valence-electron chi connectivity index (χ2n) is 4.24. The maximum absolute atomic E-state index is 5.95. The van der Waals surface area contributed by atoms with Crippen molar-refractivity contribution in [2.45, 2.75) is 25.8 Å². The van der Waals surface area contributed by atoms with Gasteiger partial charge in [-0.2, -0.15) is 0 Å². The highest BCUT2D eigenvalue weighted by Gasteiger charge is 2.56. The van der Waals surface area contributed by atoms with E-state index >= 15 is 0 Å². The van der Waals surface area contributed by atoms with Crippen LogP contribution in [0.1, 0.15) is 25.3 Å². The molecule has 0 aliphatic heterocycles. The van der Waals surface area contributed by atoms with Crippen molar-refractivity contribution in [3.05, 3.63) is 29.0 Å². The van der Waals surface area contributed by atoms with E-state index in [0.29, 0.717) is 11.1 Å². The van der Waals surface area contributed by atoms with Crippen LogP contribution in [0.25, 0.3) is 0 Å². The molecule has 0 spiro atoms. The van der Waals surface area contributed by atoms with Crippen molar-refractivity contribution >= 4 is 11.6 Å². The molecular weight excluding hydrogens is 184 g/mol. The minimum Gasteiger partial charge on any atom is -0.327 e. The Morgan fingerprint density at radius 1 is 1.46 bits per heavy atom. The highest BCUT2D eigenvalue weighted by Crippen LogP contribution is 2.57. The maximum Gasteiger partial charge on any atom is 0.129 e. The third-order valence-corrected chi connectivity index (χ3v) is 3.24. The van der Waals surface area contributed by atoms with E-state index in [1.807, 2.05) is 18.3 Å². The van der Waals surface area contributed by atoms with Crippen LogP contribution in [0, 0.1) is 5.41 Å². The molecule has 1 heterocycles. The van der Waals surface area contributed by atoms with Crippen LogP contribution in [0.15, 0.2) is 18.3 Å². The molecule has 0 aromatic carbocycles. The molecule has 1 fully saturated rings. The average molecular weight is 197 g/mol. The number of halogens is 1. The van der Waals surface area contributed by atoms with Crippen molar-refractivity contribution in [3.8, 4) is 0 Å². The number of rotatable bonds is 1. The van der Waals surface area contributed by atoms with Gasteiger partial charge < -0.3 is 5.73 Å². The van der Waals surface area contributed by atoms with Crippen LogP contribution in [0.4, 0.5) is 0 Å². The van der Waals surface area contributed by atoms with E-state index in [0.717, 1.165) is 0 Å². The highest BCUT2D eigenvalue weighted by molar-refractivity contribution is 6.29. The van der Waals surface area contributed by atoms with Gasteiger partial charge in [-0.15, -0.1) is 0 Å². The van der Waals surface area contributed by atoms with Gasteiger partial charge in [0.2, 0.25) is 0 Å². The molecule has 0 saturated heterocycles. The summed E-state index contributed by atoms with van der Waals surface area (Å²) in [4.78, 5) is 4.05. The van der Waals surface area contributed by atoms with Crippen molar-refractivity contribution < 1.29 is 0 Å². The van der Waals surface area contributed by atoms with E-state index < -0.39 is 0 Å². The number of hydrogen-bond donors (Lipinski definition) is 1. The summed E-state index contributed by atoms with van der Waals surface area (Å²) in [5, 5.41) is 0.538. The summed E-state index contributed by atoms with van der Waals surface area (Å²) in [6.07, 6.45) is 1.82. The Kier molecular flexibility index (Phi) is 1.86. The fourth-order valence-electron chi connectivity index (χ4n) is 1.89. The molecule has 3 heteroatoms. The fourth-order valence-corrected chi connectivity index (χ4v) is 2.00. The van der Waals surface area contributed by atoms with Crippen LogP contribution in [-0.2, 0) is 0 Å². The lowest BCUT2D eigenvalue weighted by Gasteiger charge is -2.01. The monoisotopic (exact) mass is 196 g/mol. The molecule has 2 atom stereocenters. The zero-order chi connectivity index (χ0) is 9.64. The van der Waals surface area contributed by atoms with E-state index in [1.54, 1.807) is 0 Å². The molecule has 13 heavy (non-hydrogen) atoms. The third kappa shape index (κ3) is 1.34. The van der Waals surface area contributed by atoms with E-state index in [1.165, 1.54) is 5.56 Å². The van der Waals surface area contributed by atoms with Crippen molar-refractivity contribution in [3.63, 3.8) is 0 Å². The lowest BCUT2D eigenvalue weighted by molar-refractivity contribution is 0.598. The van der Waals surface area contributed by atoms with Crippen LogP contribution >= 0.6 is 11.6 Å². The largest absolute Gasteiger partial charge is 0.327 e. The summed E-state index contributed by atoms with van der Waals surface area (Å²) in [5.41, 5.74) is 7.37. The van der Waals surface area contributed by atoms with Crippen molar-refractivity contribution in [1.29, 1.82) is 0 Å². The average Bonchev–Trinajstić information content (AvgIpc) is 2.55. The van der Waals surface area contributed by atoms with Gasteiger partial charge in [0.15, 0.2) is 0 Å².